The lowest BCUT2D eigenvalue weighted by Gasteiger charge is -1.99. The zero-order valence-corrected chi connectivity index (χ0v) is 8.76. The first-order chi connectivity index (χ1) is 6.90. The number of rotatable bonds is 3. The summed E-state index contributed by atoms with van der Waals surface area (Å²) in [5, 5.41) is 0. The molecule has 0 fully saturated rings. The summed E-state index contributed by atoms with van der Waals surface area (Å²) in [6.07, 6.45) is 6.17. The predicted molar refractivity (Wildman–Crippen MR) is 60.0 cm³/mol. The molecule has 1 aromatic rings. The summed E-state index contributed by atoms with van der Waals surface area (Å²) >= 11 is 5.59. The first-order valence-corrected chi connectivity index (χ1v) is 5.42. The lowest BCUT2D eigenvalue weighted by atomic mass is 10.1. The van der Waals surface area contributed by atoms with Crippen molar-refractivity contribution in [1.29, 1.82) is 0 Å². The maximum absolute atomic E-state index is 5.59. The van der Waals surface area contributed by atoms with Gasteiger partial charge in [0.15, 0.2) is 0 Å². The Bertz CT molecular complexity index is 344. The predicted octanol–water partition coefficient (Wildman–Crippen LogP) is 3.26. The Hall–Kier alpha value is -0.950. The van der Waals surface area contributed by atoms with E-state index >= 15 is 0 Å². The first-order valence-electron chi connectivity index (χ1n) is 4.88. The number of fused-ring (bicyclic) bond motifs is 1. The van der Waals surface area contributed by atoms with Crippen LogP contribution in [0.2, 0.25) is 0 Å². The number of alkyl halides is 1. The molecular formula is C12H13ClO. The van der Waals surface area contributed by atoms with Gasteiger partial charge in [-0.05, 0) is 29.7 Å². The molecule has 14 heavy (non-hydrogen) atoms. The zero-order chi connectivity index (χ0) is 9.80. The third-order valence-corrected chi connectivity index (χ3v) is 2.52. The van der Waals surface area contributed by atoms with E-state index < -0.39 is 0 Å². The molecule has 0 atom stereocenters. The SMILES string of the molecule is ClCC/C=C/c1ccc2c(c1)CCO2. The Kier molecular flexibility index (Phi) is 3.10. The van der Waals surface area contributed by atoms with Crippen LogP contribution in [0.15, 0.2) is 24.3 Å². The molecule has 1 nitrogen and oxygen atoms in total. The molecule has 0 radical (unpaired) electrons. The Morgan fingerprint density at radius 2 is 2.36 bits per heavy atom. The molecule has 2 heteroatoms. The van der Waals surface area contributed by atoms with Crippen LogP contribution in [0.1, 0.15) is 17.5 Å². The van der Waals surface area contributed by atoms with Crippen molar-refractivity contribution >= 4 is 17.7 Å². The lowest BCUT2D eigenvalue weighted by Crippen LogP contribution is -1.85. The van der Waals surface area contributed by atoms with Gasteiger partial charge in [-0.15, -0.1) is 11.6 Å². The number of benzene rings is 1. The summed E-state index contributed by atoms with van der Waals surface area (Å²) in [5.41, 5.74) is 2.55. The standard InChI is InChI=1S/C12H13ClO/c13-7-2-1-3-10-4-5-12-11(9-10)6-8-14-12/h1,3-5,9H,2,6-8H2/b3-1+. The fourth-order valence-electron chi connectivity index (χ4n) is 1.59. The highest BCUT2D eigenvalue weighted by Gasteiger charge is 2.10. The quantitative estimate of drug-likeness (QED) is 0.693. The van der Waals surface area contributed by atoms with Crippen LogP contribution in [0.3, 0.4) is 0 Å². The molecule has 0 spiro atoms. The van der Waals surface area contributed by atoms with Crippen molar-refractivity contribution in [3.05, 3.63) is 35.4 Å². The van der Waals surface area contributed by atoms with E-state index in [0.717, 1.165) is 25.2 Å². The van der Waals surface area contributed by atoms with Gasteiger partial charge in [0.2, 0.25) is 0 Å². The highest BCUT2D eigenvalue weighted by Crippen LogP contribution is 2.26. The van der Waals surface area contributed by atoms with Gasteiger partial charge in [-0.3, -0.25) is 0 Å². The molecule has 0 saturated heterocycles. The van der Waals surface area contributed by atoms with E-state index in [1.54, 1.807) is 0 Å². The van der Waals surface area contributed by atoms with Crippen molar-refractivity contribution in [3.63, 3.8) is 0 Å². The van der Waals surface area contributed by atoms with Crippen molar-refractivity contribution in [2.45, 2.75) is 12.8 Å². The monoisotopic (exact) mass is 208 g/mol. The highest BCUT2D eigenvalue weighted by molar-refractivity contribution is 6.17. The van der Waals surface area contributed by atoms with Crippen LogP contribution < -0.4 is 4.74 Å². The van der Waals surface area contributed by atoms with Crippen molar-refractivity contribution in [2.75, 3.05) is 12.5 Å². The number of hydrogen-bond donors (Lipinski definition) is 0. The number of allylic oxidation sites excluding steroid dienone is 1. The average molecular weight is 209 g/mol. The summed E-state index contributed by atoms with van der Waals surface area (Å²) < 4.78 is 5.43. The molecule has 0 saturated carbocycles. The smallest absolute Gasteiger partial charge is 0.122 e. The summed E-state index contributed by atoms with van der Waals surface area (Å²) in [7, 11) is 0. The van der Waals surface area contributed by atoms with Gasteiger partial charge in [0.25, 0.3) is 0 Å². The third kappa shape index (κ3) is 2.10. The molecule has 2 rings (SSSR count). The van der Waals surface area contributed by atoms with Gasteiger partial charge in [-0.1, -0.05) is 18.2 Å². The Balaban J connectivity index is 2.12. The highest BCUT2D eigenvalue weighted by atomic mass is 35.5. The first kappa shape index (κ1) is 9.60. The molecule has 1 aliphatic rings. The van der Waals surface area contributed by atoms with Gasteiger partial charge in [-0.2, -0.15) is 0 Å². The van der Waals surface area contributed by atoms with Crippen LogP contribution in [0.5, 0.6) is 5.75 Å². The van der Waals surface area contributed by atoms with E-state index in [4.69, 9.17) is 16.3 Å². The van der Waals surface area contributed by atoms with Gasteiger partial charge < -0.3 is 4.74 Å². The Morgan fingerprint density at radius 1 is 1.43 bits per heavy atom. The number of halogens is 1. The van der Waals surface area contributed by atoms with E-state index in [2.05, 4.69) is 24.3 Å². The summed E-state index contributed by atoms with van der Waals surface area (Å²) in [6.45, 7) is 0.824. The van der Waals surface area contributed by atoms with Gasteiger partial charge >= 0.3 is 0 Å². The molecule has 0 N–H and O–H groups in total. The molecular weight excluding hydrogens is 196 g/mol. The average Bonchev–Trinajstić information content (AvgIpc) is 2.65. The molecule has 0 bridgehead atoms. The van der Waals surface area contributed by atoms with Crippen molar-refractivity contribution in [3.8, 4) is 5.75 Å². The van der Waals surface area contributed by atoms with Crippen LogP contribution in [-0.2, 0) is 6.42 Å². The molecule has 0 unspecified atom stereocenters. The molecule has 74 valence electrons. The molecule has 0 aliphatic carbocycles. The summed E-state index contributed by atoms with van der Waals surface area (Å²) in [6, 6.07) is 6.31. The fraction of sp³-hybridized carbons (Fsp3) is 0.333. The largest absolute Gasteiger partial charge is 0.493 e. The molecule has 1 aromatic carbocycles. The minimum Gasteiger partial charge on any atom is -0.493 e. The topological polar surface area (TPSA) is 9.23 Å². The van der Waals surface area contributed by atoms with Gasteiger partial charge in [0.1, 0.15) is 5.75 Å². The van der Waals surface area contributed by atoms with Gasteiger partial charge in [0, 0.05) is 12.3 Å². The minimum absolute atomic E-state index is 0.685. The van der Waals surface area contributed by atoms with E-state index in [-0.39, 0.29) is 0 Å². The van der Waals surface area contributed by atoms with Crippen LogP contribution in [-0.4, -0.2) is 12.5 Å². The van der Waals surface area contributed by atoms with Crippen LogP contribution in [0.25, 0.3) is 6.08 Å². The van der Waals surface area contributed by atoms with Gasteiger partial charge in [0.05, 0.1) is 6.61 Å². The van der Waals surface area contributed by atoms with E-state index in [1.807, 2.05) is 6.07 Å². The Labute approximate surface area is 89.3 Å². The van der Waals surface area contributed by atoms with E-state index in [0.29, 0.717) is 5.88 Å². The maximum atomic E-state index is 5.59. The normalized spacial score (nSPS) is 14.4. The number of ether oxygens (including phenoxy) is 1. The summed E-state index contributed by atoms with van der Waals surface area (Å²) in [5.74, 6) is 1.73. The second-order valence-electron chi connectivity index (χ2n) is 3.35. The van der Waals surface area contributed by atoms with Crippen LogP contribution in [0.4, 0.5) is 0 Å². The fourth-order valence-corrected chi connectivity index (χ4v) is 1.72. The van der Waals surface area contributed by atoms with Crippen molar-refractivity contribution in [1.82, 2.24) is 0 Å². The zero-order valence-electron chi connectivity index (χ0n) is 8.00. The molecule has 1 aliphatic heterocycles. The molecule has 0 aromatic heterocycles. The number of hydrogen-bond acceptors (Lipinski definition) is 1. The summed E-state index contributed by atoms with van der Waals surface area (Å²) in [4.78, 5) is 0. The van der Waals surface area contributed by atoms with Crippen molar-refractivity contribution in [2.24, 2.45) is 0 Å². The Morgan fingerprint density at radius 3 is 3.21 bits per heavy atom. The minimum atomic E-state index is 0.685. The van der Waals surface area contributed by atoms with E-state index in [9.17, 15) is 0 Å². The van der Waals surface area contributed by atoms with Gasteiger partial charge in [-0.25, -0.2) is 0 Å². The molecule has 0 amide bonds. The van der Waals surface area contributed by atoms with E-state index in [1.165, 1.54) is 11.1 Å². The molecule has 1 heterocycles. The lowest BCUT2D eigenvalue weighted by molar-refractivity contribution is 0.357. The second-order valence-corrected chi connectivity index (χ2v) is 3.72. The maximum Gasteiger partial charge on any atom is 0.122 e. The van der Waals surface area contributed by atoms with Crippen molar-refractivity contribution < 1.29 is 4.74 Å². The second kappa shape index (κ2) is 4.52. The van der Waals surface area contributed by atoms with Crippen LogP contribution >= 0.6 is 11.6 Å². The third-order valence-electron chi connectivity index (χ3n) is 2.30. The van der Waals surface area contributed by atoms with Crippen LogP contribution in [0, 0.1) is 0 Å².